The van der Waals surface area contributed by atoms with Crippen molar-refractivity contribution in [2.75, 3.05) is 44.2 Å². The van der Waals surface area contributed by atoms with Crippen LogP contribution < -0.4 is 20.3 Å². The van der Waals surface area contributed by atoms with Crippen molar-refractivity contribution in [3.8, 4) is 0 Å². The molecule has 0 spiro atoms. The van der Waals surface area contributed by atoms with Crippen LogP contribution >= 0.6 is 0 Å². The van der Waals surface area contributed by atoms with E-state index in [9.17, 15) is 23.1 Å². The molecule has 198 valence electrons. The van der Waals surface area contributed by atoms with E-state index in [2.05, 4.69) is 37.1 Å². The van der Waals surface area contributed by atoms with E-state index in [0.29, 0.717) is 5.56 Å². The Morgan fingerprint density at radius 2 is 1.86 bits per heavy atom. The average molecular weight is 529 g/mol. The highest BCUT2D eigenvalue weighted by Crippen LogP contribution is 2.20. The first-order valence-corrected chi connectivity index (χ1v) is 13.7. The molecule has 37 heavy (non-hydrogen) atoms. The van der Waals surface area contributed by atoms with E-state index in [1.54, 1.807) is 30.3 Å². The molecule has 12 heteroatoms. The number of nitrogens with zero attached hydrogens (tertiary/aromatic N) is 3. The molecule has 2 atom stereocenters. The molecule has 1 fully saturated rings. The van der Waals surface area contributed by atoms with Gasteiger partial charge in [-0.15, -0.1) is 0 Å². The number of carbonyl (C=O) groups excluding carboxylic acids is 1. The molecular weight excluding hydrogens is 496 g/mol. The minimum atomic E-state index is -4.05. The van der Waals surface area contributed by atoms with Crippen LogP contribution in [0.25, 0.3) is 0 Å². The summed E-state index contributed by atoms with van der Waals surface area (Å²) < 4.78 is 27.1. The highest BCUT2D eigenvalue weighted by atomic mass is 32.2. The molecule has 4 N–H and O–H groups in total. The van der Waals surface area contributed by atoms with Crippen LogP contribution in [0, 0.1) is 0 Å². The molecule has 11 nitrogen and oxygen atoms in total. The van der Waals surface area contributed by atoms with E-state index >= 15 is 0 Å². The molecule has 1 amide bonds. The number of hydrogen-bond donors (Lipinski definition) is 4. The van der Waals surface area contributed by atoms with E-state index in [4.69, 9.17) is 0 Å². The van der Waals surface area contributed by atoms with Crippen molar-refractivity contribution >= 4 is 33.5 Å². The average Bonchev–Trinajstić information content (AvgIpc) is 2.91. The van der Waals surface area contributed by atoms with Crippen LogP contribution in [0.4, 0.5) is 5.69 Å². The summed E-state index contributed by atoms with van der Waals surface area (Å²) in [7, 11) is -4.05. The summed E-state index contributed by atoms with van der Waals surface area (Å²) in [5, 5.41) is 15.4. The fourth-order valence-electron chi connectivity index (χ4n) is 4.37. The van der Waals surface area contributed by atoms with Gasteiger partial charge in [0, 0.05) is 56.6 Å². The SMILES string of the molecule is C[C@H]1CN(c2ccc(C(=O)NC[C@H](NS(=O)(=O)c3ccccc3)C(=O)O)cc2)CCN1C1=NCCCN1. The Kier molecular flexibility index (Phi) is 8.29. The van der Waals surface area contributed by atoms with Crippen molar-refractivity contribution in [2.24, 2.45) is 4.99 Å². The Balaban J connectivity index is 1.32. The molecule has 2 aliphatic heterocycles. The predicted molar refractivity (Wildman–Crippen MR) is 140 cm³/mol. The lowest BCUT2D eigenvalue weighted by Crippen LogP contribution is -2.58. The maximum absolute atomic E-state index is 12.6. The third-order valence-corrected chi connectivity index (χ3v) is 7.88. The van der Waals surface area contributed by atoms with Gasteiger partial charge < -0.3 is 25.5 Å². The normalized spacial score (nSPS) is 18.9. The zero-order chi connectivity index (χ0) is 26.4. The number of guanidine groups is 1. The molecule has 2 aliphatic rings. The Bertz CT molecular complexity index is 1240. The molecule has 0 bridgehead atoms. The molecular formula is C25H32N6O5S. The fourth-order valence-corrected chi connectivity index (χ4v) is 5.58. The van der Waals surface area contributed by atoms with Gasteiger partial charge in [-0.2, -0.15) is 4.72 Å². The van der Waals surface area contributed by atoms with Gasteiger partial charge >= 0.3 is 5.97 Å². The summed E-state index contributed by atoms with van der Waals surface area (Å²) >= 11 is 0. The van der Waals surface area contributed by atoms with Crippen molar-refractivity contribution in [1.29, 1.82) is 0 Å². The number of piperazine rings is 1. The summed E-state index contributed by atoms with van der Waals surface area (Å²) in [6, 6.07) is 13.3. The monoisotopic (exact) mass is 528 g/mol. The lowest BCUT2D eigenvalue weighted by molar-refractivity contribution is -0.138. The number of sulfonamides is 1. The number of benzene rings is 2. The molecule has 0 aliphatic carbocycles. The van der Waals surface area contributed by atoms with Crippen molar-refractivity contribution in [2.45, 2.75) is 30.3 Å². The van der Waals surface area contributed by atoms with Gasteiger partial charge in [-0.1, -0.05) is 18.2 Å². The second kappa shape index (κ2) is 11.6. The van der Waals surface area contributed by atoms with Crippen molar-refractivity contribution in [1.82, 2.24) is 20.3 Å². The van der Waals surface area contributed by atoms with E-state index in [1.165, 1.54) is 12.1 Å². The first-order chi connectivity index (χ1) is 17.7. The smallest absolute Gasteiger partial charge is 0.323 e. The lowest BCUT2D eigenvalue weighted by atomic mass is 10.1. The van der Waals surface area contributed by atoms with Crippen LogP contribution in [0.5, 0.6) is 0 Å². The van der Waals surface area contributed by atoms with Gasteiger partial charge in [0.05, 0.1) is 4.90 Å². The van der Waals surface area contributed by atoms with Gasteiger partial charge in [0.2, 0.25) is 10.0 Å². The van der Waals surface area contributed by atoms with E-state index in [0.717, 1.165) is 50.8 Å². The van der Waals surface area contributed by atoms with E-state index < -0.39 is 34.5 Å². The summed E-state index contributed by atoms with van der Waals surface area (Å²) in [6.07, 6.45) is 1.05. The van der Waals surface area contributed by atoms with Crippen LogP contribution in [0.2, 0.25) is 0 Å². The number of rotatable bonds is 8. The molecule has 0 aromatic heterocycles. The van der Waals surface area contributed by atoms with Crippen LogP contribution in [-0.2, 0) is 14.8 Å². The quantitative estimate of drug-likeness (QED) is 0.392. The van der Waals surface area contributed by atoms with E-state index in [1.807, 2.05) is 12.1 Å². The van der Waals surface area contributed by atoms with Gasteiger partial charge in [0.15, 0.2) is 5.96 Å². The fraction of sp³-hybridized carbons (Fsp3) is 0.400. The van der Waals surface area contributed by atoms with Gasteiger partial charge in [0.1, 0.15) is 6.04 Å². The third-order valence-electron chi connectivity index (χ3n) is 6.39. The number of carbonyl (C=O) groups is 2. The Labute approximate surface area is 216 Å². The number of aliphatic carboxylic acids is 1. The molecule has 0 radical (unpaired) electrons. The zero-order valence-corrected chi connectivity index (χ0v) is 21.4. The highest BCUT2D eigenvalue weighted by molar-refractivity contribution is 7.89. The van der Waals surface area contributed by atoms with E-state index in [-0.39, 0.29) is 10.9 Å². The minimum absolute atomic E-state index is 0.0543. The van der Waals surface area contributed by atoms with Crippen LogP contribution in [0.1, 0.15) is 23.7 Å². The Morgan fingerprint density at radius 3 is 2.49 bits per heavy atom. The summed E-state index contributed by atoms with van der Waals surface area (Å²) in [5.41, 5.74) is 1.34. The number of amides is 1. The molecule has 0 unspecified atom stereocenters. The second-order valence-corrected chi connectivity index (χ2v) is 10.8. The number of aliphatic imine (C=N–C) groups is 1. The topological polar surface area (TPSA) is 143 Å². The molecule has 0 saturated carbocycles. The van der Waals surface area contributed by atoms with Gasteiger partial charge in [-0.25, -0.2) is 8.42 Å². The second-order valence-electron chi connectivity index (χ2n) is 9.06. The Hall–Kier alpha value is -3.64. The van der Waals surface area contributed by atoms with Crippen LogP contribution in [0.3, 0.4) is 0 Å². The number of anilines is 1. The van der Waals surface area contributed by atoms with Crippen molar-refractivity contribution in [3.63, 3.8) is 0 Å². The van der Waals surface area contributed by atoms with Gasteiger partial charge in [0.25, 0.3) is 5.91 Å². The first-order valence-electron chi connectivity index (χ1n) is 12.2. The summed E-state index contributed by atoms with van der Waals surface area (Å²) in [6.45, 7) is 6.03. The van der Waals surface area contributed by atoms with Crippen LogP contribution in [-0.4, -0.2) is 87.6 Å². The predicted octanol–water partition coefficient (Wildman–Crippen LogP) is 0.708. The third kappa shape index (κ3) is 6.57. The summed E-state index contributed by atoms with van der Waals surface area (Å²) in [4.78, 5) is 33.4. The van der Waals surface area contributed by atoms with Crippen molar-refractivity contribution in [3.05, 3.63) is 60.2 Å². The summed E-state index contributed by atoms with van der Waals surface area (Å²) in [5.74, 6) is -0.912. The first kappa shape index (κ1) is 26.4. The molecule has 2 heterocycles. The van der Waals surface area contributed by atoms with Crippen molar-refractivity contribution < 1.29 is 23.1 Å². The molecule has 1 saturated heterocycles. The number of carboxylic acids is 1. The number of carboxylic acid groups (broad SMARTS) is 1. The van der Waals surface area contributed by atoms with Crippen LogP contribution in [0.15, 0.2) is 64.5 Å². The minimum Gasteiger partial charge on any atom is -0.480 e. The highest BCUT2D eigenvalue weighted by Gasteiger charge is 2.28. The molecule has 2 aromatic rings. The number of nitrogens with one attached hydrogen (secondary N) is 3. The van der Waals surface area contributed by atoms with Gasteiger partial charge in [-0.3, -0.25) is 14.6 Å². The standard InChI is InChI=1S/C25H32N6O5S/c1-18-17-30(14-15-31(18)25-26-12-5-13-27-25)20-10-8-19(9-11-20)23(32)28-16-22(24(33)34)29-37(35,36)21-6-3-2-4-7-21/h2-4,6-11,18,22,29H,5,12-17H2,1H3,(H,26,27)(H,28,32)(H,33,34)/t18-,22-/m0/s1. The molecule has 4 rings (SSSR count). The zero-order valence-electron chi connectivity index (χ0n) is 20.6. The lowest BCUT2D eigenvalue weighted by Gasteiger charge is -2.43. The molecule has 2 aromatic carbocycles. The maximum atomic E-state index is 12.6. The van der Waals surface area contributed by atoms with Gasteiger partial charge in [-0.05, 0) is 49.7 Å². The maximum Gasteiger partial charge on any atom is 0.323 e. The largest absolute Gasteiger partial charge is 0.480 e. The number of hydrogen-bond acceptors (Lipinski definition) is 8. The Morgan fingerprint density at radius 1 is 1.14 bits per heavy atom.